The Morgan fingerprint density at radius 2 is 0.967 bits per heavy atom. The molecule has 2 aromatic carbocycles. The van der Waals surface area contributed by atoms with Gasteiger partial charge in [0, 0.05) is 99.8 Å². The maximum atomic E-state index is 13.7. The Balaban J connectivity index is 0.000000181. The molecule has 2 amide bonds. The highest BCUT2D eigenvalue weighted by Gasteiger charge is 2.44. The Bertz CT molecular complexity index is 2160. The third kappa shape index (κ3) is 8.62. The van der Waals surface area contributed by atoms with Crippen LogP contribution in [0.15, 0.2) is 33.9 Å². The minimum Gasteiger partial charge on any atom is -0.447 e. The summed E-state index contributed by atoms with van der Waals surface area (Å²) in [5, 5.41) is 0. The van der Waals surface area contributed by atoms with Gasteiger partial charge in [-0.15, -0.1) is 0 Å². The first kappa shape index (κ1) is 43.1. The van der Waals surface area contributed by atoms with Crippen LogP contribution in [0.5, 0.6) is 0 Å². The predicted octanol–water partition coefficient (Wildman–Crippen LogP) is 5.63. The number of amides is 2. The van der Waals surface area contributed by atoms with Crippen LogP contribution >= 0.6 is 0 Å². The molecular formula is C40H50F6N8O6. The molecule has 0 bridgehead atoms. The zero-order valence-electron chi connectivity index (χ0n) is 33.6. The van der Waals surface area contributed by atoms with E-state index in [1.165, 1.54) is 9.13 Å². The summed E-state index contributed by atoms with van der Waals surface area (Å²) in [6.45, 7) is 7.23. The summed E-state index contributed by atoms with van der Waals surface area (Å²) in [5.41, 5.74) is 0.111. The monoisotopic (exact) mass is 852 g/mol. The Morgan fingerprint density at radius 3 is 1.32 bits per heavy atom. The Labute approximate surface area is 341 Å². The van der Waals surface area contributed by atoms with Crippen LogP contribution < -0.4 is 11.4 Å². The van der Waals surface area contributed by atoms with Crippen molar-refractivity contribution in [2.24, 2.45) is 0 Å². The number of hydrogen-bond donors (Lipinski definition) is 2. The van der Waals surface area contributed by atoms with Crippen molar-refractivity contribution in [1.82, 2.24) is 38.7 Å². The second-order valence-electron chi connectivity index (χ2n) is 16.5. The molecule has 4 aliphatic heterocycles. The fourth-order valence-electron chi connectivity index (χ4n) is 9.45. The van der Waals surface area contributed by atoms with E-state index in [0.29, 0.717) is 89.1 Å². The number of H-pyrrole nitrogens is 2. The lowest BCUT2D eigenvalue weighted by Gasteiger charge is -2.43. The first-order valence-electron chi connectivity index (χ1n) is 20.3. The van der Waals surface area contributed by atoms with Crippen molar-refractivity contribution >= 4 is 34.3 Å². The second-order valence-corrected chi connectivity index (χ2v) is 16.5. The smallest absolute Gasteiger partial charge is 0.409 e. The van der Waals surface area contributed by atoms with Gasteiger partial charge in [-0.1, -0.05) is 0 Å². The molecule has 20 heteroatoms. The van der Waals surface area contributed by atoms with E-state index in [-0.39, 0.29) is 58.8 Å². The lowest BCUT2D eigenvalue weighted by atomic mass is 9.93. The molecule has 4 saturated heterocycles. The van der Waals surface area contributed by atoms with Crippen LogP contribution in [-0.4, -0.2) is 141 Å². The number of hydrogen-bond acceptors (Lipinski definition) is 8. The van der Waals surface area contributed by atoms with Crippen LogP contribution in [0, 0.1) is 23.3 Å². The second kappa shape index (κ2) is 17.6. The summed E-state index contributed by atoms with van der Waals surface area (Å²) in [6, 6.07) is 3.90. The number of imidazole rings is 2. The summed E-state index contributed by atoms with van der Waals surface area (Å²) in [6.07, 6.45) is 3.26. The summed E-state index contributed by atoms with van der Waals surface area (Å²) in [7, 11) is 0. The first-order valence-corrected chi connectivity index (χ1v) is 20.3. The summed E-state index contributed by atoms with van der Waals surface area (Å²) in [4.78, 5) is 61.9. The third-order valence-corrected chi connectivity index (χ3v) is 12.7. The van der Waals surface area contributed by atoms with Crippen molar-refractivity contribution in [3.05, 3.63) is 68.5 Å². The van der Waals surface area contributed by atoms with Crippen LogP contribution in [0.25, 0.3) is 22.1 Å². The molecule has 2 N–H and O–H groups in total. The van der Waals surface area contributed by atoms with E-state index in [9.17, 15) is 45.5 Å². The molecule has 4 aromatic rings. The first-order chi connectivity index (χ1) is 28.6. The molecular weight excluding hydrogens is 802 g/mol. The molecule has 2 aromatic heterocycles. The number of benzene rings is 2. The highest BCUT2D eigenvalue weighted by Crippen LogP contribution is 2.36. The Morgan fingerprint density at radius 1 is 0.617 bits per heavy atom. The van der Waals surface area contributed by atoms with Gasteiger partial charge in [0.1, 0.15) is 26.6 Å². The number of aromatic amines is 2. The normalized spacial score (nSPS) is 23.4. The number of nitrogens with one attached hydrogen (secondary N) is 2. The van der Waals surface area contributed by atoms with Gasteiger partial charge in [-0.25, -0.2) is 45.5 Å². The van der Waals surface area contributed by atoms with Crippen molar-refractivity contribution in [3.63, 3.8) is 0 Å². The van der Waals surface area contributed by atoms with Gasteiger partial charge < -0.3 is 29.2 Å². The number of nitrogens with zero attached hydrogens (tertiary/aromatic N) is 6. The van der Waals surface area contributed by atoms with Gasteiger partial charge in [0.05, 0.1) is 22.1 Å². The maximum Gasteiger partial charge on any atom is 0.409 e. The number of carbonyl (C=O) groups excluding carboxylic acids is 2. The largest absolute Gasteiger partial charge is 0.447 e. The quantitative estimate of drug-likeness (QED) is 0.218. The van der Waals surface area contributed by atoms with E-state index in [0.717, 1.165) is 37.1 Å². The third-order valence-electron chi connectivity index (χ3n) is 12.7. The van der Waals surface area contributed by atoms with E-state index >= 15 is 0 Å². The number of fused-ring (bicyclic) bond motifs is 2. The zero-order valence-corrected chi connectivity index (χ0v) is 33.6. The molecule has 2 unspecified atom stereocenters. The van der Waals surface area contributed by atoms with E-state index in [2.05, 4.69) is 33.6 Å². The average Bonchev–Trinajstić information content (AvgIpc) is 4.00. The lowest BCUT2D eigenvalue weighted by molar-refractivity contribution is 0.0621. The van der Waals surface area contributed by atoms with E-state index in [1.807, 2.05) is 0 Å². The highest BCUT2D eigenvalue weighted by atomic mass is 19.2. The summed E-state index contributed by atoms with van der Waals surface area (Å²) >= 11 is 0. The van der Waals surface area contributed by atoms with Crippen molar-refractivity contribution in [2.45, 2.75) is 75.5 Å². The zero-order chi connectivity index (χ0) is 42.9. The number of likely N-dealkylation sites (tertiary alicyclic amines) is 4. The molecule has 14 nitrogen and oxygen atoms in total. The molecule has 0 saturated carbocycles. The van der Waals surface area contributed by atoms with E-state index in [1.54, 1.807) is 9.80 Å². The number of rotatable bonds is 8. The maximum absolute atomic E-state index is 13.7. The molecule has 4 fully saturated rings. The predicted molar refractivity (Wildman–Crippen MR) is 208 cm³/mol. The molecule has 0 aliphatic carbocycles. The number of alkyl halides is 2. The molecule has 0 spiro atoms. The summed E-state index contributed by atoms with van der Waals surface area (Å²) in [5.74, 6) is -3.94. The molecule has 6 heterocycles. The van der Waals surface area contributed by atoms with Gasteiger partial charge in [0.15, 0.2) is 23.3 Å². The number of ether oxygens (including phenoxy) is 2. The van der Waals surface area contributed by atoms with Crippen LogP contribution in [0.2, 0.25) is 0 Å². The van der Waals surface area contributed by atoms with Gasteiger partial charge in [-0.3, -0.25) is 18.9 Å². The SMILES string of the molecule is CC1(N2CCC(n3c(=O)[nH]c4cc(F)c(F)cc43)CC2)CCN(C(=O)OCCF)C1.CC1(N2CCC(n3c(=O)[nH]c4cc(F)c(F)cc43)CC2)CCN(C(=O)OCCF)C1. The molecule has 2 atom stereocenters. The van der Waals surface area contributed by atoms with Crippen LogP contribution in [-0.2, 0) is 9.47 Å². The lowest BCUT2D eigenvalue weighted by Crippen LogP contribution is -2.52. The highest BCUT2D eigenvalue weighted by molar-refractivity contribution is 5.76. The molecule has 4 aliphatic rings. The summed E-state index contributed by atoms with van der Waals surface area (Å²) < 4.78 is 91.7. The number of aromatic nitrogens is 4. The molecule has 60 heavy (non-hydrogen) atoms. The minimum absolute atomic E-state index is 0.122. The van der Waals surface area contributed by atoms with Crippen molar-refractivity contribution in [2.75, 3.05) is 78.9 Å². The van der Waals surface area contributed by atoms with Gasteiger partial charge in [0.2, 0.25) is 0 Å². The minimum atomic E-state index is -0.991. The van der Waals surface area contributed by atoms with Gasteiger partial charge in [0.25, 0.3) is 0 Å². The number of halogens is 6. The van der Waals surface area contributed by atoms with Crippen LogP contribution in [0.1, 0.15) is 64.5 Å². The standard InChI is InChI=1S/2C20H25F3N4O3/c2*1-20(4-8-25(12-20)19(29)30-9-5-21)26-6-2-13(3-7-26)27-17-11-15(23)14(22)10-16(17)24-18(27)28/h2*10-11,13H,2-9,12H2,1H3,(H,24,28). The molecule has 8 rings (SSSR count). The van der Waals surface area contributed by atoms with Crippen molar-refractivity contribution < 1.29 is 45.4 Å². The van der Waals surface area contributed by atoms with Crippen molar-refractivity contribution in [1.29, 1.82) is 0 Å². The van der Waals surface area contributed by atoms with Crippen LogP contribution in [0.4, 0.5) is 35.9 Å². The van der Waals surface area contributed by atoms with Crippen molar-refractivity contribution in [3.8, 4) is 0 Å². The Kier molecular flexibility index (Phi) is 12.6. The fourth-order valence-corrected chi connectivity index (χ4v) is 9.45. The molecule has 328 valence electrons. The number of carbonyl (C=O) groups is 2. The Hall–Kier alpha value is -4.98. The van der Waals surface area contributed by atoms with Gasteiger partial charge in [-0.2, -0.15) is 0 Å². The van der Waals surface area contributed by atoms with Gasteiger partial charge >= 0.3 is 23.6 Å². The van der Waals surface area contributed by atoms with Gasteiger partial charge in [-0.05, 0) is 52.4 Å². The fraction of sp³-hybridized carbons (Fsp3) is 0.600. The van der Waals surface area contributed by atoms with E-state index in [4.69, 9.17) is 9.47 Å². The topological polar surface area (TPSA) is 141 Å². The number of piperidine rings is 2. The average molecular weight is 853 g/mol. The van der Waals surface area contributed by atoms with E-state index < -0.39 is 48.8 Å². The molecule has 0 radical (unpaired) electrons. The van der Waals surface area contributed by atoms with Crippen LogP contribution in [0.3, 0.4) is 0 Å².